The van der Waals surface area contributed by atoms with Gasteiger partial charge in [0.25, 0.3) is 0 Å². The van der Waals surface area contributed by atoms with Gasteiger partial charge in [0.2, 0.25) is 0 Å². The van der Waals surface area contributed by atoms with Crippen molar-refractivity contribution in [2.24, 2.45) is 0 Å². The average molecular weight is 347 g/mol. The summed E-state index contributed by atoms with van der Waals surface area (Å²) in [6, 6.07) is 26.4. The molecule has 1 heterocycles. The van der Waals surface area contributed by atoms with Crippen molar-refractivity contribution < 1.29 is 4.79 Å². The van der Waals surface area contributed by atoms with Crippen molar-refractivity contribution in [2.45, 2.75) is 0 Å². The fourth-order valence-corrected chi connectivity index (χ4v) is 3.76. The number of allylic oxidation sites excluding steroid dienone is 1. The number of para-hydroxylation sites is 1. The number of hydrogen-bond donors (Lipinski definition) is 1. The topological polar surface area (TPSA) is 32.9 Å². The van der Waals surface area contributed by atoms with Crippen molar-refractivity contribution in [1.29, 1.82) is 0 Å². The summed E-state index contributed by atoms with van der Waals surface area (Å²) in [5, 5.41) is 5.26. The van der Waals surface area contributed by atoms with E-state index in [4.69, 9.17) is 0 Å². The maximum atomic E-state index is 13.2. The Hall–Kier alpha value is -3.65. The number of ketones is 1. The fraction of sp³-hybridized carbons (Fsp3) is 0. The summed E-state index contributed by atoms with van der Waals surface area (Å²) in [6.45, 7) is 0. The van der Waals surface area contributed by atoms with Crippen molar-refractivity contribution in [2.75, 3.05) is 0 Å². The van der Waals surface area contributed by atoms with Gasteiger partial charge in [0.05, 0.1) is 0 Å². The molecular formula is C25H17NO. The lowest BCUT2D eigenvalue weighted by Crippen LogP contribution is -1.98. The number of rotatable bonds is 3. The molecule has 0 spiro atoms. The SMILES string of the molecule is O=C(/C=C/c1c[nH]c2ccccc12)c1c2ccccc2cc2ccccc12. The summed E-state index contributed by atoms with van der Waals surface area (Å²) in [7, 11) is 0. The molecule has 0 aliphatic carbocycles. The molecule has 0 fully saturated rings. The van der Waals surface area contributed by atoms with Crippen LogP contribution in [0.4, 0.5) is 0 Å². The number of benzene rings is 4. The van der Waals surface area contributed by atoms with Crippen LogP contribution in [0.3, 0.4) is 0 Å². The highest BCUT2D eigenvalue weighted by atomic mass is 16.1. The Bertz CT molecular complexity index is 1290. The zero-order chi connectivity index (χ0) is 18.2. The molecule has 0 saturated carbocycles. The first kappa shape index (κ1) is 15.6. The number of nitrogens with one attached hydrogen (secondary N) is 1. The van der Waals surface area contributed by atoms with Gasteiger partial charge in [0.1, 0.15) is 0 Å². The molecule has 5 rings (SSSR count). The van der Waals surface area contributed by atoms with Gasteiger partial charge in [-0.3, -0.25) is 4.79 Å². The normalized spacial score (nSPS) is 11.7. The number of aromatic nitrogens is 1. The van der Waals surface area contributed by atoms with E-state index in [2.05, 4.69) is 29.2 Å². The van der Waals surface area contributed by atoms with E-state index in [9.17, 15) is 4.79 Å². The molecule has 1 aromatic heterocycles. The number of carbonyl (C=O) groups excluding carboxylic acids is 1. The highest BCUT2D eigenvalue weighted by molar-refractivity contribution is 6.23. The first-order chi connectivity index (χ1) is 13.3. The minimum Gasteiger partial charge on any atom is -0.361 e. The van der Waals surface area contributed by atoms with E-state index in [-0.39, 0.29) is 5.78 Å². The van der Waals surface area contributed by atoms with E-state index in [1.807, 2.05) is 66.9 Å². The monoisotopic (exact) mass is 347 g/mol. The standard InChI is InChI=1S/C25H17NO/c27-24(14-13-19-16-26-23-12-6-5-9-20(19)23)25-21-10-3-1-7-17(21)15-18-8-2-4-11-22(18)25/h1-16,26H/b14-13+. The van der Waals surface area contributed by atoms with E-state index in [1.165, 1.54) is 0 Å². The second kappa shape index (κ2) is 6.26. The van der Waals surface area contributed by atoms with Crippen molar-refractivity contribution in [3.05, 3.63) is 102 Å². The summed E-state index contributed by atoms with van der Waals surface area (Å²) in [6.07, 6.45) is 5.52. The first-order valence-corrected chi connectivity index (χ1v) is 9.00. The zero-order valence-corrected chi connectivity index (χ0v) is 14.6. The van der Waals surface area contributed by atoms with Crippen molar-refractivity contribution in [3.8, 4) is 0 Å². The predicted octanol–water partition coefficient (Wildman–Crippen LogP) is 6.37. The molecule has 0 atom stereocenters. The number of H-pyrrole nitrogens is 1. The van der Waals surface area contributed by atoms with E-state index in [0.29, 0.717) is 0 Å². The van der Waals surface area contributed by atoms with Crippen LogP contribution in [0.1, 0.15) is 15.9 Å². The molecule has 0 aliphatic heterocycles. The molecule has 0 unspecified atom stereocenters. The number of fused-ring (bicyclic) bond motifs is 3. The molecule has 0 saturated heterocycles. The van der Waals surface area contributed by atoms with Crippen LogP contribution in [0.2, 0.25) is 0 Å². The van der Waals surface area contributed by atoms with Gasteiger partial charge in [-0.2, -0.15) is 0 Å². The lowest BCUT2D eigenvalue weighted by atomic mass is 9.94. The predicted molar refractivity (Wildman–Crippen MR) is 113 cm³/mol. The molecular weight excluding hydrogens is 330 g/mol. The Labute approximate surface area is 156 Å². The molecule has 0 radical (unpaired) electrons. The smallest absolute Gasteiger partial charge is 0.187 e. The van der Waals surface area contributed by atoms with Gasteiger partial charge >= 0.3 is 0 Å². The largest absolute Gasteiger partial charge is 0.361 e. The van der Waals surface area contributed by atoms with E-state index < -0.39 is 0 Å². The fourth-order valence-electron chi connectivity index (χ4n) is 3.76. The van der Waals surface area contributed by atoms with Gasteiger partial charge in [-0.1, -0.05) is 66.7 Å². The molecule has 0 amide bonds. The third-order valence-corrected chi connectivity index (χ3v) is 5.05. The van der Waals surface area contributed by atoms with E-state index >= 15 is 0 Å². The van der Waals surface area contributed by atoms with Crippen LogP contribution in [0, 0.1) is 0 Å². The molecule has 5 aromatic rings. The maximum Gasteiger partial charge on any atom is 0.187 e. The van der Waals surface area contributed by atoms with Gasteiger partial charge < -0.3 is 4.98 Å². The van der Waals surface area contributed by atoms with Gasteiger partial charge in [-0.15, -0.1) is 0 Å². The molecule has 128 valence electrons. The Morgan fingerprint density at radius 1 is 0.741 bits per heavy atom. The quantitative estimate of drug-likeness (QED) is 0.229. The summed E-state index contributed by atoms with van der Waals surface area (Å²) in [5.41, 5.74) is 2.85. The highest BCUT2D eigenvalue weighted by Crippen LogP contribution is 2.29. The highest BCUT2D eigenvalue weighted by Gasteiger charge is 2.12. The Morgan fingerprint density at radius 2 is 1.33 bits per heavy atom. The summed E-state index contributed by atoms with van der Waals surface area (Å²) >= 11 is 0. The lowest BCUT2D eigenvalue weighted by molar-refractivity contribution is 0.105. The minimum atomic E-state index is 0.0216. The summed E-state index contributed by atoms with van der Waals surface area (Å²) < 4.78 is 0. The number of aromatic amines is 1. The molecule has 1 N–H and O–H groups in total. The van der Waals surface area contributed by atoms with Crippen LogP contribution in [-0.2, 0) is 0 Å². The molecule has 2 heteroatoms. The van der Waals surface area contributed by atoms with Gasteiger partial charge in [-0.05, 0) is 51.4 Å². The van der Waals surface area contributed by atoms with Crippen molar-refractivity contribution >= 4 is 44.3 Å². The van der Waals surface area contributed by atoms with Crippen LogP contribution < -0.4 is 0 Å². The number of hydrogen-bond acceptors (Lipinski definition) is 1. The van der Waals surface area contributed by atoms with E-state index in [1.54, 1.807) is 6.08 Å². The van der Waals surface area contributed by atoms with Gasteiger partial charge in [0, 0.05) is 22.7 Å². The molecule has 4 aromatic carbocycles. The van der Waals surface area contributed by atoms with Crippen LogP contribution in [-0.4, -0.2) is 10.8 Å². The van der Waals surface area contributed by atoms with Gasteiger partial charge in [-0.25, -0.2) is 0 Å². The molecule has 27 heavy (non-hydrogen) atoms. The van der Waals surface area contributed by atoms with Crippen LogP contribution in [0.5, 0.6) is 0 Å². The van der Waals surface area contributed by atoms with Crippen molar-refractivity contribution in [3.63, 3.8) is 0 Å². The summed E-state index contributed by atoms with van der Waals surface area (Å²) in [4.78, 5) is 16.5. The maximum absolute atomic E-state index is 13.2. The number of carbonyl (C=O) groups is 1. The molecule has 0 bridgehead atoms. The second-order valence-electron chi connectivity index (χ2n) is 6.68. The second-order valence-corrected chi connectivity index (χ2v) is 6.68. The third-order valence-electron chi connectivity index (χ3n) is 5.05. The lowest BCUT2D eigenvalue weighted by Gasteiger charge is -2.09. The first-order valence-electron chi connectivity index (χ1n) is 9.00. The third kappa shape index (κ3) is 2.63. The minimum absolute atomic E-state index is 0.0216. The average Bonchev–Trinajstić information content (AvgIpc) is 3.13. The zero-order valence-electron chi connectivity index (χ0n) is 14.6. The summed E-state index contributed by atoms with van der Waals surface area (Å²) in [5.74, 6) is 0.0216. The Balaban J connectivity index is 1.66. The van der Waals surface area contributed by atoms with Crippen LogP contribution >= 0.6 is 0 Å². The van der Waals surface area contributed by atoms with Crippen molar-refractivity contribution in [1.82, 2.24) is 4.98 Å². The Kier molecular flexibility index (Phi) is 3.61. The molecule has 2 nitrogen and oxygen atoms in total. The Morgan fingerprint density at radius 3 is 2.04 bits per heavy atom. The van der Waals surface area contributed by atoms with Gasteiger partial charge in [0.15, 0.2) is 5.78 Å². The van der Waals surface area contributed by atoms with E-state index in [0.717, 1.165) is 43.6 Å². The van der Waals surface area contributed by atoms with Crippen LogP contribution in [0.25, 0.3) is 38.5 Å². The molecule has 0 aliphatic rings. The van der Waals surface area contributed by atoms with Crippen LogP contribution in [0.15, 0.2) is 91.1 Å².